The van der Waals surface area contributed by atoms with Gasteiger partial charge in [-0.05, 0) is 33.6 Å². The fourth-order valence-electron chi connectivity index (χ4n) is 1.39. The molecule has 0 radical (unpaired) electrons. The molecule has 16 heavy (non-hydrogen) atoms. The van der Waals surface area contributed by atoms with Crippen LogP contribution in [0.15, 0.2) is 47.1 Å². The maximum Gasteiger partial charge on any atom is 0.148 e. The van der Waals surface area contributed by atoms with Crippen LogP contribution in [0.4, 0.5) is 11.5 Å². The van der Waals surface area contributed by atoms with Gasteiger partial charge in [-0.25, -0.2) is 4.98 Å². The largest absolute Gasteiger partial charge is 0.382 e. The van der Waals surface area contributed by atoms with Crippen LogP contribution in [0.25, 0.3) is 0 Å². The number of pyridine rings is 1. The molecule has 0 amide bonds. The number of nitrogen functional groups attached to an aromatic ring is 1. The first kappa shape index (κ1) is 11.0. The average Bonchev–Trinajstić information content (AvgIpc) is 2.29. The smallest absolute Gasteiger partial charge is 0.148 e. The Bertz CT molecular complexity index is 471. The van der Waals surface area contributed by atoms with Gasteiger partial charge in [0.25, 0.3) is 0 Å². The molecule has 0 saturated carbocycles. The van der Waals surface area contributed by atoms with Crippen LogP contribution in [0.3, 0.4) is 0 Å². The summed E-state index contributed by atoms with van der Waals surface area (Å²) in [4.78, 5) is 4.12. The fourth-order valence-corrected chi connectivity index (χ4v) is 1.72. The van der Waals surface area contributed by atoms with E-state index < -0.39 is 0 Å². The van der Waals surface area contributed by atoms with Crippen molar-refractivity contribution in [3.63, 3.8) is 0 Å². The molecule has 82 valence electrons. The molecule has 1 heterocycles. The summed E-state index contributed by atoms with van der Waals surface area (Å²) in [5.74, 6) is 0.505. The van der Waals surface area contributed by atoms with Crippen LogP contribution in [0.1, 0.15) is 5.56 Å². The minimum Gasteiger partial charge on any atom is -0.382 e. The molecular weight excluding hydrogens is 266 g/mol. The van der Waals surface area contributed by atoms with Crippen molar-refractivity contribution in [2.45, 2.75) is 6.54 Å². The second-order valence-corrected chi connectivity index (χ2v) is 4.22. The first-order valence-corrected chi connectivity index (χ1v) is 5.75. The van der Waals surface area contributed by atoms with Gasteiger partial charge in [-0.3, -0.25) is 0 Å². The zero-order valence-electron chi connectivity index (χ0n) is 8.65. The summed E-state index contributed by atoms with van der Waals surface area (Å²) in [6.45, 7) is 0.744. The highest BCUT2D eigenvalue weighted by Crippen LogP contribution is 2.19. The molecule has 0 bridgehead atoms. The summed E-state index contributed by atoms with van der Waals surface area (Å²) in [6.07, 6.45) is 0. The van der Waals surface area contributed by atoms with E-state index in [9.17, 15) is 0 Å². The Morgan fingerprint density at radius 1 is 1.12 bits per heavy atom. The number of halogens is 1. The quantitative estimate of drug-likeness (QED) is 0.848. The first-order chi connectivity index (χ1) is 7.75. The van der Waals surface area contributed by atoms with E-state index in [2.05, 4.69) is 38.4 Å². The lowest BCUT2D eigenvalue weighted by Gasteiger charge is -2.08. The van der Waals surface area contributed by atoms with Crippen LogP contribution in [0.5, 0.6) is 0 Å². The second kappa shape index (κ2) is 4.99. The minimum atomic E-state index is 0.505. The highest BCUT2D eigenvalue weighted by molar-refractivity contribution is 9.10. The molecule has 0 unspecified atom stereocenters. The van der Waals surface area contributed by atoms with E-state index in [4.69, 9.17) is 5.73 Å². The molecular formula is C12H12BrN3. The number of rotatable bonds is 3. The van der Waals surface area contributed by atoms with E-state index in [0.29, 0.717) is 5.82 Å². The molecule has 2 aromatic rings. The Balaban J connectivity index is 2.05. The summed E-state index contributed by atoms with van der Waals surface area (Å²) >= 11 is 3.27. The Morgan fingerprint density at radius 3 is 2.56 bits per heavy atom. The number of hydrogen-bond acceptors (Lipinski definition) is 3. The fraction of sp³-hybridized carbons (Fsp3) is 0.0833. The van der Waals surface area contributed by atoms with Gasteiger partial charge in [0.2, 0.25) is 0 Å². The lowest BCUT2D eigenvalue weighted by atomic mass is 10.2. The number of hydrogen-bond donors (Lipinski definition) is 2. The van der Waals surface area contributed by atoms with Gasteiger partial charge in [-0.1, -0.05) is 30.3 Å². The predicted octanol–water partition coefficient (Wildman–Crippen LogP) is 3.04. The van der Waals surface area contributed by atoms with Gasteiger partial charge in [0.15, 0.2) is 0 Å². The van der Waals surface area contributed by atoms with Crippen LogP contribution in [-0.2, 0) is 6.54 Å². The lowest BCUT2D eigenvalue weighted by molar-refractivity contribution is 1.14. The summed E-state index contributed by atoms with van der Waals surface area (Å²) in [5, 5.41) is 3.25. The van der Waals surface area contributed by atoms with E-state index in [-0.39, 0.29) is 0 Å². The normalized spacial score (nSPS) is 10.1. The molecule has 0 aliphatic rings. The zero-order chi connectivity index (χ0) is 11.4. The Hall–Kier alpha value is -1.55. The average molecular weight is 278 g/mol. The van der Waals surface area contributed by atoms with Crippen molar-refractivity contribution in [3.05, 3.63) is 52.6 Å². The number of benzene rings is 1. The van der Waals surface area contributed by atoms with Crippen molar-refractivity contribution in [2.75, 3.05) is 11.1 Å². The van der Waals surface area contributed by atoms with Crippen LogP contribution < -0.4 is 11.1 Å². The van der Waals surface area contributed by atoms with Gasteiger partial charge in [-0.2, -0.15) is 0 Å². The van der Waals surface area contributed by atoms with Crippen molar-refractivity contribution in [1.29, 1.82) is 0 Å². The van der Waals surface area contributed by atoms with E-state index in [1.165, 1.54) is 5.56 Å². The molecule has 0 spiro atoms. The van der Waals surface area contributed by atoms with Crippen molar-refractivity contribution in [1.82, 2.24) is 4.98 Å². The topological polar surface area (TPSA) is 50.9 Å². The molecule has 1 aromatic heterocycles. The molecule has 3 N–H and O–H groups in total. The van der Waals surface area contributed by atoms with Gasteiger partial charge in [0, 0.05) is 6.54 Å². The van der Waals surface area contributed by atoms with E-state index in [1.807, 2.05) is 30.3 Å². The van der Waals surface area contributed by atoms with Gasteiger partial charge < -0.3 is 11.1 Å². The molecule has 2 rings (SSSR count). The maximum absolute atomic E-state index is 5.78. The van der Waals surface area contributed by atoms with E-state index in [1.54, 1.807) is 0 Å². The number of nitrogens with zero attached hydrogens (tertiary/aromatic N) is 1. The van der Waals surface area contributed by atoms with Gasteiger partial charge in [-0.15, -0.1) is 0 Å². The minimum absolute atomic E-state index is 0.505. The van der Waals surface area contributed by atoms with Crippen LogP contribution in [0.2, 0.25) is 0 Å². The van der Waals surface area contributed by atoms with E-state index >= 15 is 0 Å². The Morgan fingerprint density at radius 2 is 1.88 bits per heavy atom. The second-order valence-electron chi connectivity index (χ2n) is 3.41. The summed E-state index contributed by atoms with van der Waals surface area (Å²) < 4.78 is 0.746. The third kappa shape index (κ3) is 2.73. The summed E-state index contributed by atoms with van der Waals surface area (Å²) in [7, 11) is 0. The summed E-state index contributed by atoms with van der Waals surface area (Å²) in [5.41, 5.74) is 7.85. The Labute approximate surface area is 103 Å². The molecule has 1 aromatic carbocycles. The standard InChI is InChI=1S/C12H12BrN3/c13-11-7-6-10(12(14)16-11)15-8-9-4-2-1-3-5-9/h1-7,15H,8H2,(H2,14,16). The number of aromatic nitrogens is 1. The number of nitrogens with two attached hydrogens (primary N) is 1. The SMILES string of the molecule is Nc1nc(Br)ccc1NCc1ccccc1. The molecule has 3 nitrogen and oxygen atoms in total. The lowest BCUT2D eigenvalue weighted by Crippen LogP contribution is -2.03. The Kier molecular flexibility index (Phi) is 3.41. The third-order valence-electron chi connectivity index (χ3n) is 2.22. The third-order valence-corrected chi connectivity index (χ3v) is 2.66. The number of nitrogens with one attached hydrogen (secondary N) is 1. The van der Waals surface area contributed by atoms with Crippen LogP contribution in [0, 0.1) is 0 Å². The highest BCUT2D eigenvalue weighted by atomic mass is 79.9. The van der Waals surface area contributed by atoms with Gasteiger partial charge in [0.05, 0.1) is 5.69 Å². The van der Waals surface area contributed by atoms with E-state index in [0.717, 1.165) is 16.8 Å². The van der Waals surface area contributed by atoms with Crippen LogP contribution >= 0.6 is 15.9 Å². The monoisotopic (exact) mass is 277 g/mol. The van der Waals surface area contributed by atoms with Crippen molar-refractivity contribution in [2.24, 2.45) is 0 Å². The summed E-state index contributed by atoms with van der Waals surface area (Å²) in [6, 6.07) is 13.9. The number of anilines is 2. The predicted molar refractivity (Wildman–Crippen MR) is 70.1 cm³/mol. The van der Waals surface area contributed by atoms with Crippen LogP contribution in [-0.4, -0.2) is 4.98 Å². The van der Waals surface area contributed by atoms with Gasteiger partial charge in [0.1, 0.15) is 10.4 Å². The van der Waals surface area contributed by atoms with Gasteiger partial charge >= 0.3 is 0 Å². The molecule has 0 aliphatic heterocycles. The maximum atomic E-state index is 5.78. The molecule has 0 saturated heterocycles. The zero-order valence-corrected chi connectivity index (χ0v) is 10.2. The van der Waals surface area contributed by atoms with Crippen molar-refractivity contribution in [3.8, 4) is 0 Å². The first-order valence-electron chi connectivity index (χ1n) is 4.95. The highest BCUT2D eigenvalue weighted by Gasteiger charge is 2.00. The molecule has 4 heteroatoms. The van der Waals surface area contributed by atoms with Crippen molar-refractivity contribution < 1.29 is 0 Å². The molecule has 0 fully saturated rings. The molecule has 0 atom stereocenters. The van der Waals surface area contributed by atoms with Crippen molar-refractivity contribution >= 4 is 27.4 Å². The molecule has 0 aliphatic carbocycles.